The number of hydrogen-bond acceptors (Lipinski definition) is 1. The van der Waals surface area contributed by atoms with Crippen molar-refractivity contribution in [3.8, 4) is 0 Å². The van der Waals surface area contributed by atoms with Gasteiger partial charge < -0.3 is 0 Å². The fraction of sp³-hybridized carbons (Fsp3) is 0.333. The molecule has 1 aliphatic carbocycles. The maximum atomic E-state index is 2.27. The lowest BCUT2D eigenvalue weighted by Crippen LogP contribution is -1.36. The molecule has 2 aliphatic rings. The van der Waals surface area contributed by atoms with Gasteiger partial charge in [0, 0.05) is 4.91 Å². The van der Waals surface area contributed by atoms with Gasteiger partial charge in [-0.1, -0.05) is 6.08 Å². The molecule has 0 N–H and O–H groups in total. The van der Waals surface area contributed by atoms with Crippen molar-refractivity contribution < 1.29 is 0 Å². The summed E-state index contributed by atoms with van der Waals surface area (Å²) in [6.07, 6.45) is 2.27. The first-order valence-corrected chi connectivity index (χ1v) is 2.23. The van der Waals surface area contributed by atoms with Crippen LogP contribution in [0.3, 0.4) is 0 Å². The molecule has 4 heavy (non-hydrogen) atoms. The van der Waals surface area contributed by atoms with Crippen molar-refractivity contribution in [2.45, 2.75) is 5.25 Å². The highest BCUT2D eigenvalue weighted by Crippen LogP contribution is 2.60. The van der Waals surface area contributed by atoms with Crippen molar-refractivity contribution in [2.75, 3.05) is 0 Å². The molecular weight excluding hydrogens is 68.1 g/mol. The molecule has 1 fully saturated rings. The zero-order valence-electron chi connectivity index (χ0n) is 2.06. The summed E-state index contributed by atoms with van der Waals surface area (Å²) in [6, 6.07) is 0. The lowest BCUT2D eigenvalue weighted by Gasteiger charge is -1.49. The summed E-state index contributed by atoms with van der Waals surface area (Å²) < 4.78 is 0. The first-order valence-electron chi connectivity index (χ1n) is 1.35. The van der Waals surface area contributed by atoms with E-state index in [0.717, 1.165) is 5.25 Å². The molecule has 1 heterocycles. The van der Waals surface area contributed by atoms with Crippen molar-refractivity contribution in [1.29, 1.82) is 0 Å². The van der Waals surface area contributed by atoms with E-state index in [1.165, 1.54) is 0 Å². The van der Waals surface area contributed by atoms with Gasteiger partial charge >= 0.3 is 0 Å². The van der Waals surface area contributed by atoms with Crippen molar-refractivity contribution in [3.05, 3.63) is 11.0 Å². The van der Waals surface area contributed by atoms with Gasteiger partial charge in [-0.3, -0.25) is 0 Å². The Hall–Kier alpha value is 0.0900. The highest BCUT2D eigenvalue weighted by atomic mass is 32.2. The number of fused-ring (bicyclic) bond motifs is 1. The Morgan fingerprint density at radius 3 is 2.25 bits per heavy atom. The van der Waals surface area contributed by atoms with Gasteiger partial charge in [0.25, 0.3) is 0 Å². The van der Waals surface area contributed by atoms with Crippen LogP contribution in [0.15, 0.2) is 11.0 Å². The summed E-state index contributed by atoms with van der Waals surface area (Å²) in [6.45, 7) is 0. The smallest absolute Gasteiger partial charge is 0.0590 e. The molecule has 0 nitrogen and oxygen atoms in total. The highest BCUT2D eigenvalue weighted by molar-refractivity contribution is 8.13. The topological polar surface area (TPSA) is 0 Å². The van der Waals surface area contributed by atoms with Gasteiger partial charge in [0.2, 0.25) is 0 Å². The predicted octanol–water partition coefficient (Wildman–Crippen LogP) is 0.999. The van der Waals surface area contributed by atoms with Crippen LogP contribution in [0, 0.1) is 0 Å². The monoisotopic (exact) mass is 70.0 g/mol. The minimum absolute atomic E-state index is 0.958. The second kappa shape index (κ2) is 0.206. The van der Waals surface area contributed by atoms with Crippen LogP contribution in [0.4, 0.5) is 0 Å². The Morgan fingerprint density at radius 1 is 2.00 bits per heavy atom. The minimum atomic E-state index is 0.958. The van der Waals surface area contributed by atoms with E-state index < -0.39 is 0 Å². The lowest BCUT2D eigenvalue weighted by molar-refractivity contribution is 1.83. The summed E-state index contributed by atoms with van der Waals surface area (Å²) >= 11 is 1.98. The number of hydrogen-bond donors (Lipinski definition) is 0. The first kappa shape index (κ1) is 1.51. The summed E-state index contributed by atoms with van der Waals surface area (Å²) in [7, 11) is 0. The maximum absolute atomic E-state index is 2.27. The van der Waals surface area contributed by atoms with Gasteiger partial charge in [-0.15, -0.1) is 11.8 Å². The average molecular weight is 70.1 g/mol. The Kier molecular flexibility index (Phi) is 0.0777. The SMILES string of the molecule is C1=C2S[C@H]12. The molecule has 0 aromatic carbocycles. The number of rotatable bonds is 0. The second-order valence-corrected chi connectivity index (χ2v) is 2.32. The molecular formula is C3H2S. The zero-order valence-corrected chi connectivity index (χ0v) is 2.88. The minimum Gasteiger partial charge on any atom is -0.116 e. The Labute approximate surface area is 28.9 Å². The molecule has 0 saturated carbocycles. The van der Waals surface area contributed by atoms with Crippen molar-refractivity contribution in [3.63, 3.8) is 0 Å². The Balaban J connectivity index is 2.85. The molecule has 2 rings (SSSR count). The Bertz CT molecular complexity index is 83.3. The molecule has 20 valence electrons. The fourth-order valence-corrected chi connectivity index (χ4v) is 0.644. The zero-order chi connectivity index (χ0) is 2.57. The van der Waals surface area contributed by atoms with E-state index in [0.29, 0.717) is 0 Å². The van der Waals surface area contributed by atoms with Gasteiger partial charge in [-0.05, 0) is 0 Å². The van der Waals surface area contributed by atoms with E-state index in [9.17, 15) is 0 Å². The molecule has 0 radical (unpaired) electrons. The lowest BCUT2D eigenvalue weighted by atomic mass is 10.9. The highest BCUT2D eigenvalue weighted by Gasteiger charge is 2.42. The summed E-state index contributed by atoms with van der Waals surface area (Å²) in [5.74, 6) is 0. The quantitative estimate of drug-likeness (QED) is 0.383. The van der Waals surface area contributed by atoms with Crippen LogP contribution >= 0.6 is 11.8 Å². The molecule has 0 bridgehead atoms. The van der Waals surface area contributed by atoms with Gasteiger partial charge in [-0.25, -0.2) is 0 Å². The number of thioether (sulfide) groups is 1. The Morgan fingerprint density at radius 2 is 2.25 bits per heavy atom. The van der Waals surface area contributed by atoms with Crippen LogP contribution in [0.2, 0.25) is 0 Å². The average Bonchev–Trinajstić information content (AvgIpc) is 1.36. The third-order valence-corrected chi connectivity index (χ3v) is 1.74. The van der Waals surface area contributed by atoms with E-state index >= 15 is 0 Å². The van der Waals surface area contributed by atoms with Crippen LogP contribution in [0.25, 0.3) is 0 Å². The van der Waals surface area contributed by atoms with Crippen molar-refractivity contribution in [2.24, 2.45) is 0 Å². The first-order chi connectivity index (χ1) is 1.97. The molecule has 1 heteroatoms. The molecule has 1 atom stereocenters. The summed E-state index contributed by atoms with van der Waals surface area (Å²) in [5.41, 5.74) is 0. The van der Waals surface area contributed by atoms with E-state index in [2.05, 4.69) is 6.08 Å². The van der Waals surface area contributed by atoms with Crippen LogP contribution in [0.5, 0.6) is 0 Å². The van der Waals surface area contributed by atoms with Crippen LogP contribution < -0.4 is 0 Å². The molecule has 0 aromatic heterocycles. The third kappa shape index (κ3) is 0.0379. The largest absolute Gasteiger partial charge is 0.116 e. The maximum Gasteiger partial charge on any atom is 0.0590 e. The van der Waals surface area contributed by atoms with Gasteiger partial charge in [0.15, 0.2) is 0 Å². The second-order valence-electron chi connectivity index (χ2n) is 1.11. The van der Waals surface area contributed by atoms with Gasteiger partial charge in [0.1, 0.15) is 0 Å². The summed E-state index contributed by atoms with van der Waals surface area (Å²) in [5, 5.41) is 0.958. The van der Waals surface area contributed by atoms with E-state index in [1.807, 2.05) is 11.8 Å². The molecule has 0 unspecified atom stereocenters. The molecule has 1 saturated heterocycles. The summed E-state index contributed by atoms with van der Waals surface area (Å²) in [4.78, 5) is 1.63. The van der Waals surface area contributed by atoms with Gasteiger partial charge in [-0.2, -0.15) is 0 Å². The van der Waals surface area contributed by atoms with Crippen LogP contribution in [-0.2, 0) is 0 Å². The predicted molar refractivity (Wildman–Crippen MR) is 19.5 cm³/mol. The molecule has 1 aliphatic heterocycles. The van der Waals surface area contributed by atoms with Crippen molar-refractivity contribution >= 4 is 11.8 Å². The third-order valence-electron chi connectivity index (χ3n) is 0.693. The molecule has 0 spiro atoms. The van der Waals surface area contributed by atoms with Crippen molar-refractivity contribution in [1.82, 2.24) is 0 Å². The normalized spacial score (nSPS) is 46.0. The standard InChI is InChI=1S/C3H2S/c1-2-3(1)4-2/h1-2H/t2-/m1/s1. The molecule has 0 aromatic rings. The van der Waals surface area contributed by atoms with E-state index in [1.54, 1.807) is 4.91 Å². The van der Waals surface area contributed by atoms with E-state index in [4.69, 9.17) is 0 Å². The van der Waals surface area contributed by atoms with Gasteiger partial charge in [0.05, 0.1) is 5.25 Å². The van der Waals surface area contributed by atoms with Crippen LogP contribution in [0.1, 0.15) is 0 Å². The fourth-order valence-electron chi connectivity index (χ4n) is 0.215. The molecule has 0 amide bonds. The van der Waals surface area contributed by atoms with E-state index in [-0.39, 0.29) is 0 Å². The van der Waals surface area contributed by atoms with Crippen LogP contribution in [-0.4, -0.2) is 5.25 Å².